The molecule has 0 atom stereocenters. The van der Waals surface area contributed by atoms with E-state index in [4.69, 9.17) is 16.3 Å². The van der Waals surface area contributed by atoms with Crippen molar-refractivity contribution >= 4 is 11.6 Å². The fourth-order valence-corrected chi connectivity index (χ4v) is 1.52. The first-order valence-corrected chi connectivity index (χ1v) is 4.69. The van der Waals surface area contributed by atoms with Crippen LogP contribution in [0.4, 0.5) is 0 Å². The van der Waals surface area contributed by atoms with Crippen LogP contribution in [0.25, 0.3) is 0 Å². The molecule has 0 radical (unpaired) electrons. The van der Waals surface area contributed by atoms with Gasteiger partial charge in [0.25, 0.3) is 0 Å². The van der Waals surface area contributed by atoms with Gasteiger partial charge in [0.1, 0.15) is 0 Å². The van der Waals surface area contributed by atoms with E-state index in [1.807, 2.05) is 6.92 Å². The van der Waals surface area contributed by atoms with Crippen molar-refractivity contribution in [3.63, 3.8) is 0 Å². The van der Waals surface area contributed by atoms with Crippen LogP contribution in [0.15, 0.2) is 6.07 Å². The number of phenolic OH excluding ortho intramolecular Hbond substituents is 1. The molecular formula is C10H14ClNO2. The number of halogens is 1. The van der Waals surface area contributed by atoms with Crippen molar-refractivity contribution in [1.82, 2.24) is 5.32 Å². The fraction of sp³-hybridized carbons (Fsp3) is 0.400. The minimum atomic E-state index is 0.109. The maximum absolute atomic E-state index is 9.78. The summed E-state index contributed by atoms with van der Waals surface area (Å²) in [6, 6.07) is 1.72. The van der Waals surface area contributed by atoms with Crippen molar-refractivity contribution in [2.45, 2.75) is 13.5 Å². The van der Waals surface area contributed by atoms with Crippen LogP contribution >= 0.6 is 11.6 Å². The molecule has 0 bridgehead atoms. The van der Waals surface area contributed by atoms with Crippen molar-refractivity contribution in [2.75, 3.05) is 14.2 Å². The van der Waals surface area contributed by atoms with Gasteiger partial charge in [0, 0.05) is 12.1 Å². The molecule has 0 spiro atoms. The highest BCUT2D eigenvalue weighted by molar-refractivity contribution is 6.32. The second kappa shape index (κ2) is 4.53. The molecule has 2 N–H and O–H groups in total. The molecule has 78 valence electrons. The Bertz CT molecular complexity index is 339. The molecule has 0 unspecified atom stereocenters. The van der Waals surface area contributed by atoms with Gasteiger partial charge in [-0.05, 0) is 25.6 Å². The molecule has 0 saturated carbocycles. The molecular weight excluding hydrogens is 202 g/mol. The van der Waals surface area contributed by atoms with Gasteiger partial charge in [-0.3, -0.25) is 0 Å². The zero-order valence-electron chi connectivity index (χ0n) is 8.52. The van der Waals surface area contributed by atoms with Gasteiger partial charge in [0.15, 0.2) is 11.5 Å². The Morgan fingerprint density at radius 3 is 2.71 bits per heavy atom. The number of benzene rings is 1. The van der Waals surface area contributed by atoms with E-state index in [0.717, 1.165) is 5.56 Å². The van der Waals surface area contributed by atoms with Gasteiger partial charge in [-0.2, -0.15) is 0 Å². The lowest BCUT2D eigenvalue weighted by Crippen LogP contribution is -2.07. The number of ether oxygens (including phenoxy) is 1. The Hall–Kier alpha value is -0.930. The molecule has 0 aliphatic carbocycles. The minimum absolute atomic E-state index is 0.109. The molecule has 0 aliphatic rings. The summed E-state index contributed by atoms with van der Waals surface area (Å²) in [7, 11) is 3.32. The Balaban J connectivity index is 3.29. The van der Waals surface area contributed by atoms with E-state index in [9.17, 15) is 5.11 Å². The molecule has 3 nitrogen and oxygen atoms in total. The maximum atomic E-state index is 9.78. The first kappa shape index (κ1) is 11.1. The van der Waals surface area contributed by atoms with Crippen molar-refractivity contribution < 1.29 is 9.84 Å². The Morgan fingerprint density at radius 2 is 2.21 bits per heavy atom. The number of rotatable bonds is 3. The molecule has 0 amide bonds. The summed E-state index contributed by atoms with van der Waals surface area (Å²) in [6.45, 7) is 2.40. The summed E-state index contributed by atoms with van der Waals surface area (Å²) in [6.07, 6.45) is 0. The van der Waals surface area contributed by atoms with Gasteiger partial charge in [-0.25, -0.2) is 0 Å². The highest BCUT2D eigenvalue weighted by Gasteiger charge is 2.13. The van der Waals surface area contributed by atoms with E-state index >= 15 is 0 Å². The lowest BCUT2D eigenvalue weighted by Gasteiger charge is -2.12. The van der Waals surface area contributed by atoms with Gasteiger partial charge >= 0.3 is 0 Å². The Morgan fingerprint density at radius 1 is 1.57 bits per heavy atom. The monoisotopic (exact) mass is 215 g/mol. The van der Waals surface area contributed by atoms with Gasteiger partial charge in [-0.15, -0.1) is 0 Å². The molecule has 1 rings (SSSR count). The molecule has 4 heteroatoms. The summed E-state index contributed by atoms with van der Waals surface area (Å²) < 4.78 is 5.03. The van der Waals surface area contributed by atoms with Crippen LogP contribution in [0.5, 0.6) is 11.5 Å². The quantitative estimate of drug-likeness (QED) is 0.811. The van der Waals surface area contributed by atoms with E-state index in [1.165, 1.54) is 7.11 Å². The molecule has 14 heavy (non-hydrogen) atoms. The standard InChI is InChI=1S/C10H14ClNO2/c1-6-4-8(14-3)10(13)7(5-12-2)9(6)11/h4,12-13H,5H2,1-3H3. The van der Waals surface area contributed by atoms with E-state index in [1.54, 1.807) is 13.1 Å². The molecule has 0 fully saturated rings. The van der Waals surface area contributed by atoms with Crippen LogP contribution in [0.3, 0.4) is 0 Å². The van der Waals surface area contributed by atoms with Crippen molar-refractivity contribution in [2.24, 2.45) is 0 Å². The predicted octanol–water partition coefficient (Wildman–Crippen LogP) is 2.08. The van der Waals surface area contributed by atoms with E-state index < -0.39 is 0 Å². The molecule has 0 aliphatic heterocycles. The van der Waals surface area contributed by atoms with Gasteiger partial charge in [0.05, 0.1) is 12.1 Å². The van der Waals surface area contributed by atoms with E-state index in [2.05, 4.69) is 5.32 Å². The number of nitrogens with one attached hydrogen (secondary N) is 1. The first-order chi connectivity index (χ1) is 6.61. The average Bonchev–Trinajstić information content (AvgIpc) is 2.18. The Kier molecular flexibility index (Phi) is 3.61. The van der Waals surface area contributed by atoms with Gasteiger partial charge in [-0.1, -0.05) is 11.6 Å². The summed E-state index contributed by atoms with van der Waals surface area (Å²) in [5, 5.41) is 13.3. The highest BCUT2D eigenvalue weighted by atomic mass is 35.5. The third-order valence-electron chi connectivity index (χ3n) is 2.05. The zero-order valence-corrected chi connectivity index (χ0v) is 9.27. The number of hydrogen-bond acceptors (Lipinski definition) is 3. The maximum Gasteiger partial charge on any atom is 0.163 e. The zero-order chi connectivity index (χ0) is 10.7. The fourth-order valence-electron chi connectivity index (χ4n) is 1.31. The van der Waals surface area contributed by atoms with Crippen molar-refractivity contribution in [3.05, 3.63) is 22.2 Å². The third-order valence-corrected chi connectivity index (χ3v) is 2.58. The smallest absolute Gasteiger partial charge is 0.163 e. The molecule has 1 aromatic carbocycles. The minimum Gasteiger partial charge on any atom is -0.504 e. The number of hydrogen-bond donors (Lipinski definition) is 2. The van der Waals surface area contributed by atoms with Gasteiger partial charge < -0.3 is 15.2 Å². The summed E-state index contributed by atoms with van der Waals surface area (Å²) in [5.74, 6) is 0.564. The largest absolute Gasteiger partial charge is 0.504 e. The average molecular weight is 216 g/mol. The predicted molar refractivity (Wildman–Crippen MR) is 57.2 cm³/mol. The van der Waals surface area contributed by atoms with Crippen LogP contribution in [0.1, 0.15) is 11.1 Å². The van der Waals surface area contributed by atoms with Crippen LogP contribution in [-0.4, -0.2) is 19.3 Å². The van der Waals surface area contributed by atoms with Crippen molar-refractivity contribution in [1.29, 1.82) is 0 Å². The Labute approximate surface area is 88.7 Å². The SMILES string of the molecule is CNCc1c(O)c(OC)cc(C)c1Cl. The van der Waals surface area contributed by atoms with Crippen molar-refractivity contribution in [3.8, 4) is 11.5 Å². The summed E-state index contributed by atoms with van der Waals surface area (Å²) >= 11 is 6.05. The first-order valence-electron chi connectivity index (χ1n) is 4.31. The third kappa shape index (κ3) is 1.94. The summed E-state index contributed by atoms with van der Waals surface area (Å²) in [5.41, 5.74) is 1.57. The van der Waals surface area contributed by atoms with E-state index in [-0.39, 0.29) is 5.75 Å². The second-order valence-corrected chi connectivity index (χ2v) is 3.45. The highest BCUT2D eigenvalue weighted by Crippen LogP contribution is 2.37. The topological polar surface area (TPSA) is 41.5 Å². The van der Waals surface area contributed by atoms with Gasteiger partial charge in [0.2, 0.25) is 0 Å². The van der Waals surface area contributed by atoms with Crippen LogP contribution in [0.2, 0.25) is 5.02 Å². The van der Waals surface area contributed by atoms with E-state index in [0.29, 0.717) is 22.9 Å². The normalized spacial score (nSPS) is 10.3. The second-order valence-electron chi connectivity index (χ2n) is 3.07. The van der Waals surface area contributed by atoms with Crippen LogP contribution in [-0.2, 0) is 6.54 Å². The van der Waals surface area contributed by atoms with Crippen LogP contribution < -0.4 is 10.1 Å². The molecule has 0 heterocycles. The molecule has 0 aromatic heterocycles. The number of aryl methyl sites for hydroxylation is 1. The lowest BCUT2D eigenvalue weighted by atomic mass is 10.1. The number of phenols is 1. The lowest BCUT2D eigenvalue weighted by molar-refractivity contribution is 0.369. The number of aromatic hydroxyl groups is 1. The van der Waals surface area contributed by atoms with Crippen LogP contribution in [0, 0.1) is 6.92 Å². The molecule has 1 aromatic rings. The molecule has 0 saturated heterocycles. The number of methoxy groups -OCH3 is 1. The summed E-state index contributed by atoms with van der Waals surface area (Å²) in [4.78, 5) is 0.